The van der Waals surface area contributed by atoms with Gasteiger partial charge in [-0.15, -0.1) is 0 Å². The number of carbonyl (C=O) groups excluding carboxylic acids is 1. The van der Waals surface area contributed by atoms with Crippen molar-refractivity contribution in [3.8, 4) is 0 Å². The molecule has 2 N–H and O–H groups in total. The Kier molecular flexibility index (Phi) is 5.68. The van der Waals surface area contributed by atoms with Crippen LogP contribution in [-0.4, -0.2) is 27.3 Å². The van der Waals surface area contributed by atoms with Crippen molar-refractivity contribution in [2.24, 2.45) is 11.1 Å². The molecule has 29 heavy (non-hydrogen) atoms. The van der Waals surface area contributed by atoms with Gasteiger partial charge in [0.25, 0.3) is 0 Å². The van der Waals surface area contributed by atoms with Gasteiger partial charge in [-0.3, -0.25) is 4.79 Å². The molecule has 3 rings (SSSR count). The standard InChI is InChI=1S/C19H18F4N2O3S/c20-14-5-3-12(4-6-14)18(26)13-2-1-9-25(11-13)15-7-8-17(29(24,27)28)16(10-15)19(21,22)23/h3-8,10,13H,1-2,9,11H2,(H2,24,27,28). The highest BCUT2D eigenvalue weighted by atomic mass is 32.2. The molecule has 1 aliphatic heterocycles. The van der Waals surface area contributed by atoms with Crippen LogP contribution in [0.1, 0.15) is 28.8 Å². The minimum Gasteiger partial charge on any atom is -0.371 e. The molecule has 0 radical (unpaired) electrons. The predicted molar refractivity (Wildman–Crippen MR) is 98.5 cm³/mol. The number of carbonyl (C=O) groups is 1. The molecule has 0 aromatic heterocycles. The number of primary sulfonamides is 1. The number of piperidine rings is 1. The molecular formula is C19H18F4N2O3S. The summed E-state index contributed by atoms with van der Waals surface area (Å²) in [6, 6.07) is 7.92. The zero-order chi connectivity index (χ0) is 21.4. The van der Waals surface area contributed by atoms with Crippen LogP contribution in [-0.2, 0) is 16.2 Å². The van der Waals surface area contributed by atoms with Gasteiger partial charge in [-0.1, -0.05) is 0 Å². The minimum absolute atomic E-state index is 0.154. The number of ketones is 1. The highest BCUT2D eigenvalue weighted by molar-refractivity contribution is 7.89. The van der Waals surface area contributed by atoms with E-state index in [0.29, 0.717) is 24.9 Å². The monoisotopic (exact) mass is 430 g/mol. The van der Waals surface area contributed by atoms with Crippen molar-refractivity contribution in [1.29, 1.82) is 0 Å². The first-order chi connectivity index (χ1) is 13.5. The molecule has 5 nitrogen and oxygen atoms in total. The Morgan fingerprint density at radius 2 is 1.76 bits per heavy atom. The lowest BCUT2D eigenvalue weighted by molar-refractivity contribution is -0.139. The largest absolute Gasteiger partial charge is 0.417 e. The molecule has 0 amide bonds. The first kappa shape index (κ1) is 21.3. The second kappa shape index (κ2) is 7.75. The van der Waals surface area contributed by atoms with E-state index in [1.807, 2.05) is 0 Å². The zero-order valence-electron chi connectivity index (χ0n) is 15.1. The average Bonchev–Trinajstić information content (AvgIpc) is 2.66. The molecule has 1 heterocycles. The van der Waals surface area contributed by atoms with Crippen LogP contribution in [0.15, 0.2) is 47.4 Å². The Morgan fingerprint density at radius 3 is 2.34 bits per heavy atom. The van der Waals surface area contributed by atoms with Gasteiger partial charge in [-0.2, -0.15) is 13.2 Å². The molecule has 156 valence electrons. The van der Waals surface area contributed by atoms with E-state index < -0.39 is 38.4 Å². The summed E-state index contributed by atoms with van der Waals surface area (Å²) in [6.45, 7) is 0.585. The summed E-state index contributed by atoms with van der Waals surface area (Å²) in [4.78, 5) is 13.3. The highest BCUT2D eigenvalue weighted by Gasteiger charge is 2.37. The first-order valence-corrected chi connectivity index (χ1v) is 10.3. The lowest BCUT2D eigenvalue weighted by Crippen LogP contribution is -2.39. The zero-order valence-corrected chi connectivity index (χ0v) is 15.9. The number of benzene rings is 2. The topological polar surface area (TPSA) is 80.5 Å². The molecular weight excluding hydrogens is 412 g/mol. The van der Waals surface area contributed by atoms with E-state index >= 15 is 0 Å². The molecule has 10 heteroatoms. The number of Topliss-reactive ketones (excluding diaryl/α,β-unsaturated/α-hetero) is 1. The van der Waals surface area contributed by atoms with Crippen LogP contribution >= 0.6 is 0 Å². The Balaban J connectivity index is 1.89. The van der Waals surface area contributed by atoms with Gasteiger partial charge >= 0.3 is 6.18 Å². The number of rotatable bonds is 4. The van der Waals surface area contributed by atoms with Crippen molar-refractivity contribution >= 4 is 21.5 Å². The Hall–Kier alpha value is -2.46. The summed E-state index contributed by atoms with van der Waals surface area (Å²) in [6.07, 6.45) is -3.79. The maximum absolute atomic E-state index is 13.4. The normalized spacial score (nSPS) is 18.0. The van der Waals surface area contributed by atoms with Gasteiger partial charge in [-0.25, -0.2) is 17.9 Å². The van der Waals surface area contributed by atoms with Crippen molar-refractivity contribution < 1.29 is 30.8 Å². The van der Waals surface area contributed by atoms with Gasteiger partial charge in [0, 0.05) is 30.3 Å². The Labute approximate surface area is 165 Å². The first-order valence-electron chi connectivity index (χ1n) is 8.75. The van der Waals surface area contributed by atoms with Gasteiger partial charge in [0.05, 0.1) is 10.5 Å². The number of alkyl halides is 3. The van der Waals surface area contributed by atoms with Crippen LogP contribution in [0.3, 0.4) is 0 Å². The third-order valence-corrected chi connectivity index (χ3v) is 5.83. The lowest BCUT2D eigenvalue weighted by Gasteiger charge is -2.34. The van der Waals surface area contributed by atoms with E-state index in [4.69, 9.17) is 5.14 Å². The maximum atomic E-state index is 13.4. The SMILES string of the molecule is NS(=O)(=O)c1ccc(N2CCCC(C(=O)c3ccc(F)cc3)C2)cc1C(F)(F)F. The quantitative estimate of drug-likeness (QED) is 0.594. The predicted octanol–water partition coefficient (Wildman–Crippen LogP) is 3.59. The molecule has 0 bridgehead atoms. The second-order valence-corrected chi connectivity index (χ2v) is 8.41. The number of hydrogen-bond donors (Lipinski definition) is 1. The molecule has 1 saturated heterocycles. The van der Waals surface area contributed by atoms with Gasteiger partial charge < -0.3 is 4.90 Å². The van der Waals surface area contributed by atoms with Crippen LogP contribution in [0.5, 0.6) is 0 Å². The number of hydrogen-bond acceptors (Lipinski definition) is 4. The number of halogens is 4. The summed E-state index contributed by atoms with van der Waals surface area (Å²) < 4.78 is 76.2. The number of nitrogens with zero attached hydrogens (tertiary/aromatic N) is 1. The molecule has 2 aromatic carbocycles. The number of nitrogens with two attached hydrogens (primary N) is 1. The van der Waals surface area contributed by atoms with E-state index in [2.05, 4.69) is 0 Å². The average molecular weight is 430 g/mol. The van der Waals surface area contributed by atoms with Gasteiger partial charge in [0.15, 0.2) is 5.78 Å². The molecule has 0 saturated carbocycles. The summed E-state index contributed by atoms with van der Waals surface area (Å²) in [5.41, 5.74) is -0.857. The third kappa shape index (κ3) is 4.76. The summed E-state index contributed by atoms with van der Waals surface area (Å²) in [5, 5.41) is 4.91. The van der Waals surface area contributed by atoms with E-state index in [1.165, 1.54) is 30.3 Å². The molecule has 1 atom stereocenters. The summed E-state index contributed by atoms with van der Waals surface area (Å²) in [5.74, 6) is -1.16. The molecule has 1 unspecified atom stereocenters. The van der Waals surface area contributed by atoms with Crippen LogP contribution in [0.2, 0.25) is 0 Å². The van der Waals surface area contributed by atoms with Gasteiger partial charge in [0.1, 0.15) is 5.82 Å². The summed E-state index contributed by atoms with van der Waals surface area (Å²) >= 11 is 0. The number of anilines is 1. The van der Waals surface area contributed by atoms with Crippen molar-refractivity contribution in [2.75, 3.05) is 18.0 Å². The van der Waals surface area contributed by atoms with Gasteiger partial charge in [-0.05, 0) is 55.3 Å². The second-order valence-electron chi connectivity index (χ2n) is 6.88. The van der Waals surface area contributed by atoms with Crippen molar-refractivity contribution in [1.82, 2.24) is 0 Å². The fraction of sp³-hybridized carbons (Fsp3) is 0.316. The van der Waals surface area contributed by atoms with E-state index in [9.17, 15) is 30.8 Å². The van der Waals surface area contributed by atoms with Crippen LogP contribution in [0, 0.1) is 11.7 Å². The molecule has 0 spiro atoms. The van der Waals surface area contributed by atoms with Crippen LogP contribution < -0.4 is 10.0 Å². The molecule has 0 aliphatic carbocycles. The molecule has 1 aliphatic rings. The number of sulfonamides is 1. The van der Waals surface area contributed by atoms with E-state index in [-0.39, 0.29) is 18.0 Å². The van der Waals surface area contributed by atoms with E-state index in [1.54, 1.807) is 4.90 Å². The van der Waals surface area contributed by atoms with Crippen molar-refractivity contribution in [3.05, 3.63) is 59.4 Å². The minimum atomic E-state index is -4.91. The Morgan fingerprint density at radius 1 is 1.10 bits per heavy atom. The van der Waals surface area contributed by atoms with Crippen LogP contribution in [0.4, 0.5) is 23.2 Å². The van der Waals surface area contributed by atoms with Gasteiger partial charge in [0.2, 0.25) is 10.0 Å². The van der Waals surface area contributed by atoms with Crippen LogP contribution in [0.25, 0.3) is 0 Å². The van der Waals surface area contributed by atoms with E-state index in [0.717, 1.165) is 12.1 Å². The third-order valence-electron chi connectivity index (χ3n) is 4.86. The lowest BCUT2D eigenvalue weighted by atomic mass is 9.89. The highest BCUT2D eigenvalue weighted by Crippen LogP contribution is 2.37. The maximum Gasteiger partial charge on any atom is 0.417 e. The Bertz CT molecular complexity index is 1020. The van der Waals surface area contributed by atoms with Crippen molar-refractivity contribution in [2.45, 2.75) is 23.9 Å². The summed E-state index contributed by atoms with van der Waals surface area (Å²) in [7, 11) is -4.55. The van der Waals surface area contributed by atoms with Crippen molar-refractivity contribution in [3.63, 3.8) is 0 Å². The molecule has 1 fully saturated rings. The smallest absolute Gasteiger partial charge is 0.371 e. The fourth-order valence-electron chi connectivity index (χ4n) is 3.46. The fourth-order valence-corrected chi connectivity index (χ4v) is 4.20. The molecule has 2 aromatic rings.